The molecule has 0 radical (unpaired) electrons. The Bertz CT molecular complexity index is 472. The highest BCUT2D eigenvalue weighted by atomic mass is 32.2. The Balaban J connectivity index is 2.43. The van der Waals surface area contributed by atoms with Gasteiger partial charge in [0, 0.05) is 13.7 Å². The van der Waals surface area contributed by atoms with Crippen LogP contribution in [0.25, 0.3) is 0 Å². The number of aromatic nitrogens is 1. The summed E-state index contributed by atoms with van der Waals surface area (Å²) < 4.78 is 36.3. The fraction of sp³-hybridized carbons (Fsp3) is 0.667. The number of nitrogen functional groups attached to an aromatic ring is 1. The predicted octanol–water partition coefficient (Wildman–Crippen LogP) is -0.0250. The lowest BCUT2D eigenvalue weighted by atomic mass is 10.6. The molecule has 0 bridgehead atoms. The smallest absolute Gasteiger partial charge is 0.252 e. The van der Waals surface area contributed by atoms with Crippen molar-refractivity contribution >= 4 is 26.5 Å². The molecule has 0 amide bonds. The maximum atomic E-state index is 11.9. The van der Waals surface area contributed by atoms with Gasteiger partial charge in [0.15, 0.2) is 9.34 Å². The van der Waals surface area contributed by atoms with Crippen molar-refractivity contribution in [2.24, 2.45) is 0 Å². The molecule has 1 heterocycles. The molecule has 0 spiro atoms. The minimum absolute atomic E-state index is 0.150. The summed E-state index contributed by atoms with van der Waals surface area (Å²) in [6.45, 7) is 3.01. The highest BCUT2D eigenvalue weighted by Crippen LogP contribution is 2.24. The molecule has 7 nitrogen and oxygen atoms in total. The first-order valence-corrected chi connectivity index (χ1v) is 7.56. The number of rotatable bonds is 8. The lowest BCUT2D eigenvalue weighted by molar-refractivity contribution is 0.0736. The third kappa shape index (κ3) is 4.50. The van der Waals surface area contributed by atoms with Crippen LogP contribution in [0.15, 0.2) is 4.21 Å². The zero-order valence-corrected chi connectivity index (χ0v) is 11.9. The van der Waals surface area contributed by atoms with Crippen LogP contribution in [0.2, 0.25) is 0 Å². The molecule has 1 aromatic rings. The van der Waals surface area contributed by atoms with E-state index >= 15 is 0 Å². The molecule has 0 aromatic carbocycles. The number of aryl methyl sites for hydroxylation is 1. The second kappa shape index (κ2) is 7.00. The van der Waals surface area contributed by atoms with Gasteiger partial charge in [-0.1, -0.05) is 11.3 Å². The maximum absolute atomic E-state index is 11.9. The van der Waals surface area contributed by atoms with Crippen LogP contribution < -0.4 is 10.5 Å². The van der Waals surface area contributed by atoms with Crippen LogP contribution >= 0.6 is 11.3 Å². The van der Waals surface area contributed by atoms with Gasteiger partial charge < -0.3 is 15.2 Å². The molecule has 0 fully saturated rings. The number of hydrogen-bond acceptors (Lipinski definition) is 7. The molecule has 0 saturated carbocycles. The lowest BCUT2D eigenvalue weighted by Crippen LogP contribution is -2.27. The summed E-state index contributed by atoms with van der Waals surface area (Å²) in [7, 11) is -1.98. The summed E-state index contributed by atoms with van der Waals surface area (Å²) in [5.41, 5.74) is 5.87. The highest BCUT2D eigenvalue weighted by Gasteiger charge is 2.20. The second-order valence-corrected chi connectivity index (χ2v) is 6.42. The number of sulfonamides is 1. The molecule has 104 valence electrons. The molecule has 0 aliphatic rings. The Labute approximate surface area is 110 Å². The van der Waals surface area contributed by atoms with E-state index in [1.807, 2.05) is 0 Å². The SMILES string of the molecule is COCCOCCNS(=O)(=O)c1sc(N)nc1C. The zero-order chi connectivity index (χ0) is 13.6. The molecule has 0 aliphatic carbocycles. The van der Waals surface area contributed by atoms with Gasteiger partial charge in [-0.15, -0.1) is 0 Å². The number of nitrogens with two attached hydrogens (primary N) is 1. The largest absolute Gasteiger partial charge is 0.382 e. The average Bonchev–Trinajstić information content (AvgIpc) is 2.63. The molecule has 1 rings (SSSR count). The minimum Gasteiger partial charge on any atom is -0.382 e. The number of nitrogens with zero attached hydrogens (tertiary/aromatic N) is 1. The fourth-order valence-electron chi connectivity index (χ4n) is 1.21. The summed E-state index contributed by atoms with van der Waals surface area (Å²) in [6, 6.07) is 0. The van der Waals surface area contributed by atoms with Crippen LogP contribution in [-0.2, 0) is 19.5 Å². The van der Waals surface area contributed by atoms with Gasteiger partial charge >= 0.3 is 0 Å². The van der Waals surface area contributed by atoms with Gasteiger partial charge in [-0.2, -0.15) is 0 Å². The standard InChI is InChI=1S/C9H17N3O4S2/c1-7-8(17-9(10)12-7)18(13,14)11-3-4-16-6-5-15-2/h11H,3-6H2,1-2H3,(H2,10,12). The monoisotopic (exact) mass is 295 g/mol. The maximum Gasteiger partial charge on any atom is 0.252 e. The molecular formula is C9H17N3O4S2. The number of anilines is 1. The van der Waals surface area contributed by atoms with Gasteiger partial charge in [0.25, 0.3) is 10.0 Å². The first-order chi connectivity index (χ1) is 8.47. The Hall–Kier alpha value is -0.740. The van der Waals surface area contributed by atoms with Crippen LogP contribution in [0.3, 0.4) is 0 Å². The van der Waals surface area contributed by atoms with E-state index in [1.165, 1.54) is 0 Å². The zero-order valence-electron chi connectivity index (χ0n) is 10.3. The van der Waals surface area contributed by atoms with E-state index in [4.69, 9.17) is 15.2 Å². The molecule has 0 unspecified atom stereocenters. The average molecular weight is 295 g/mol. The predicted molar refractivity (Wildman–Crippen MR) is 69.1 cm³/mol. The van der Waals surface area contributed by atoms with Gasteiger partial charge in [0.2, 0.25) is 0 Å². The van der Waals surface area contributed by atoms with Crippen molar-refractivity contribution in [3.05, 3.63) is 5.69 Å². The van der Waals surface area contributed by atoms with Crippen LogP contribution in [0.1, 0.15) is 5.69 Å². The minimum atomic E-state index is -3.55. The van der Waals surface area contributed by atoms with E-state index in [9.17, 15) is 8.42 Å². The summed E-state index contributed by atoms with van der Waals surface area (Å²) in [5.74, 6) is 0. The van der Waals surface area contributed by atoms with E-state index < -0.39 is 10.0 Å². The van der Waals surface area contributed by atoms with Gasteiger partial charge in [-0.05, 0) is 6.92 Å². The van der Waals surface area contributed by atoms with Gasteiger partial charge in [-0.3, -0.25) is 0 Å². The van der Waals surface area contributed by atoms with E-state index in [-0.39, 0.29) is 22.5 Å². The molecular weight excluding hydrogens is 278 g/mol. The quantitative estimate of drug-likeness (QED) is 0.653. The number of hydrogen-bond donors (Lipinski definition) is 2. The van der Waals surface area contributed by atoms with Crippen molar-refractivity contribution in [2.75, 3.05) is 39.2 Å². The molecule has 3 N–H and O–H groups in total. The first kappa shape index (κ1) is 15.3. The van der Waals surface area contributed by atoms with Gasteiger partial charge in [-0.25, -0.2) is 18.1 Å². The van der Waals surface area contributed by atoms with Gasteiger partial charge in [0.05, 0.1) is 25.5 Å². The Morgan fingerprint density at radius 3 is 2.67 bits per heavy atom. The van der Waals surface area contributed by atoms with Crippen molar-refractivity contribution in [1.82, 2.24) is 9.71 Å². The number of nitrogens with one attached hydrogen (secondary N) is 1. The summed E-state index contributed by atoms with van der Waals surface area (Å²) in [5, 5.41) is 0.240. The summed E-state index contributed by atoms with van der Waals surface area (Å²) in [6.07, 6.45) is 0. The number of thiazole rings is 1. The first-order valence-electron chi connectivity index (χ1n) is 5.26. The normalized spacial score (nSPS) is 11.9. The topological polar surface area (TPSA) is 104 Å². The Morgan fingerprint density at radius 1 is 1.39 bits per heavy atom. The van der Waals surface area contributed by atoms with E-state index in [2.05, 4.69) is 9.71 Å². The molecule has 0 saturated heterocycles. The van der Waals surface area contributed by atoms with Crippen LogP contribution in [-0.4, -0.2) is 46.9 Å². The summed E-state index contributed by atoms with van der Waals surface area (Å²) >= 11 is 0.949. The Morgan fingerprint density at radius 2 is 2.11 bits per heavy atom. The van der Waals surface area contributed by atoms with Crippen molar-refractivity contribution in [3.8, 4) is 0 Å². The summed E-state index contributed by atoms with van der Waals surface area (Å²) in [4.78, 5) is 3.88. The van der Waals surface area contributed by atoms with Crippen molar-refractivity contribution in [2.45, 2.75) is 11.1 Å². The molecule has 9 heteroatoms. The third-order valence-corrected chi connectivity index (χ3v) is 5.04. The number of ether oxygens (including phenoxy) is 2. The van der Waals surface area contributed by atoms with Crippen LogP contribution in [0.4, 0.5) is 5.13 Å². The highest BCUT2D eigenvalue weighted by molar-refractivity contribution is 7.91. The Kier molecular flexibility index (Phi) is 5.96. The van der Waals surface area contributed by atoms with Crippen LogP contribution in [0, 0.1) is 6.92 Å². The van der Waals surface area contributed by atoms with E-state index in [1.54, 1.807) is 14.0 Å². The molecule has 18 heavy (non-hydrogen) atoms. The van der Waals surface area contributed by atoms with Gasteiger partial charge in [0.1, 0.15) is 0 Å². The molecule has 1 aromatic heterocycles. The molecule has 0 aliphatic heterocycles. The molecule has 0 atom stereocenters. The van der Waals surface area contributed by atoms with E-state index in [0.717, 1.165) is 11.3 Å². The fourth-order valence-corrected chi connectivity index (χ4v) is 3.57. The van der Waals surface area contributed by atoms with Crippen molar-refractivity contribution in [1.29, 1.82) is 0 Å². The van der Waals surface area contributed by atoms with Crippen LogP contribution in [0.5, 0.6) is 0 Å². The van der Waals surface area contributed by atoms with Crippen molar-refractivity contribution < 1.29 is 17.9 Å². The second-order valence-electron chi connectivity index (χ2n) is 3.43. The number of methoxy groups -OCH3 is 1. The third-order valence-electron chi connectivity index (χ3n) is 1.98. The van der Waals surface area contributed by atoms with E-state index in [0.29, 0.717) is 18.9 Å². The lowest BCUT2D eigenvalue weighted by Gasteiger charge is -2.06. The van der Waals surface area contributed by atoms with Crippen molar-refractivity contribution in [3.63, 3.8) is 0 Å².